The van der Waals surface area contributed by atoms with Crippen LogP contribution in [0, 0.1) is 5.82 Å². The van der Waals surface area contributed by atoms with Gasteiger partial charge in [-0.1, -0.05) is 84.5 Å². The molecule has 4 nitrogen and oxygen atoms in total. The van der Waals surface area contributed by atoms with Gasteiger partial charge in [0, 0.05) is 6.07 Å². The van der Waals surface area contributed by atoms with Crippen LogP contribution in [0.2, 0.25) is 0 Å². The summed E-state index contributed by atoms with van der Waals surface area (Å²) in [6.07, 6.45) is 15.5. The molecule has 0 aromatic heterocycles. The van der Waals surface area contributed by atoms with Crippen molar-refractivity contribution in [3.8, 4) is 17.2 Å². The number of unbranched alkanes of at least 4 members (excludes halogenated alkanes) is 11. The molecule has 0 aliphatic rings. The minimum Gasteiger partial charge on any atom is -0.494 e. The van der Waals surface area contributed by atoms with Crippen LogP contribution in [0.15, 0.2) is 42.5 Å². The van der Waals surface area contributed by atoms with Crippen LogP contribution < -0.4 is 14.2 Å². The second kappa shape index (κ2) is 17.8. The Morgan fingerprint density at radius 3 is 1.74 bits per heavy atom. The standard InChI is InChI=1S/C30H43FO4/c1-3-5-7-9-11-13-14-22-33-26-18-16-25(17-19-26)30(32)35-27-20-21-29(28(31)24-27)34-23-15-12-10-8-6-4-2/h16-21,24H,3-15,22-23H2,1-2H3. The van der Waals surface area contributed by atoms with Gasteiger partial charge in [-0.15, -0.1) is 0 Å². The Morgan fingerprint density at radius 1 is 0.657 bits per heavy atom. The highest BCUT2D eigenvalue weighted by Gasteiger charge is 2.12. The van der Waals surface area contributed by atoms with Crippen LogP contribution in [-0.4, -0.2) is 19.2 Å². The molecular weight excluding hydrogens is 443 g/mol. The molecule has 0 fully saturated rings. The Bertz CT molecular complexity index is 835. The summed E-state index contributed by atoms with van der Waals surface area (Å²) in [6.45, 7) is 5.57. The highest BCUT2D eigenvalue weighted by molar-refractivity contribution is 5.91. The summed E-state index contributed by atoms with van der Waals surface area (Å²) < 4.78 is 31.0. The summed E-state index contributed by atoms with van der Waals surface area (Å²) in [7, 11) is 0. The maximum atomic E-state index is 14.3. The average Bonchev–Trinajstić information content (AvgIpc) is 2.86. The first-order valence-corrected chi connectivity index (χ1v) is 13.5. The number of benzene rings is 2. The molecule has 0 heterocycles. The van der Waals surface area contributed by atoms with Crippen molar-refractivity contribution < 1.29 is 23.4 Å². The molecule has 0 bridgehead atoms. The number of hydrogen-bond acceptors (Lipinski definition) is 4. The molecule has 0 spiro atoms. The molecule has 0 saturated heterocycles. The summed E-state index contributed by atoms with van der Waals surface area (Å²) in [5.74, 6) is -0.0101. The molecule has 0 amide bonds. The van der Waals surface area contributed by atoms with Gasteiger partial charge in [0.2, 0.25) is 0 Å². The second-order valence-electron chi connectivity index (χ2n) is 9.09. The van der Waals surface area contributed by atoms with Gasteiger partial charge < -0.3 is 14.2 Å². The van der Waals surface area contributed by atoms with E-state index in [2.05, 4.69) is 13.8 Å². The van der Waals surface area contributed by atoms with E-state index in [1.807, 2.05) is 0 Å². The lowest BCUT2D eigenvalue weighted by Crippen LogP contribution is -2.09. The smallest absolute Gasteiger partial charge is 0.343 e. The Kier molecular flexibility index (Phi) is 14.6. The molecule has 2 rings (SSSR count). The monoisotopic (exact) mass is 486 g/mol. The van der Waals surface area contributed by atoms with Crippen molar-refractivity contribution in [2.75, 3.05) is 13.2 Å². The van der Waals surface area contributed by atoms with E-state index in [1.54, 1.807) is 30.3 Å². The van der Waals surface area contributed by atoms with E-state index in [-0.39, 0.29) is 11.5 Å². The Morgan fingerprint density at radius 2 is 1.17 bits per heavy atom. The molecule has 0 radical (unpaired) electrons. The maximum Gasteiger partial charge on any atom is 0.343 e. The van der Waals surface area contributed by atoms with Crippen molar-refractivity contribution in [1.82, 2.24) is 0 Å². The lowest BCUT2D eigenvalue weighted by molar-refractivity contribution is 0.0734. The van der Waals surface area contributed by atoms with Gasteiger partial charge in [0.15, 0.2) is 11.6 Å². The van der Waals surface area contributed by atoms with E-state index in [1.165, 1.54) is 76.3 Å². The molecule has 0 unspecified atom stereocenters. The van der Waals surface area contributed by atoms with Gasteiger partial charge in [0.25, 0.3) is 0 Å². The fourth-order valence-corrected chi connectivity index (χ4v) is 3.83. The topological polar surface area (TPSA) is 44.8 Å². The third-order valence-electron chi connectivity index (χ3n) is 5.98. The molecular formula is C30H43FO4. The number of carbonyl (C=O) groups excluding carboxylic acids is 1. The van der Waals surface area contributed by atoms with Crippen molar-refractivity contribution >= 4 is 5.97 Å². The fourth-order valence-electron chi connectivity index (χ4n) is 3.83. The van der Waals surface area contributed by atoms with E-state index in [0.717, 1.165) is 25.0 Å². The van der Waals surface area contributed by atoms with Crippen LogP contribution in [0.25, 0.3) is 0 Å². The summed E-state index contributed by atoms with van der Waals surface area (Å²) in [6, 6.07) is 11.1. The van der Waals surface area contributed by atoms with Crippen molar-refractivity contribution in [1.29, 1.82) is 0 Å². The van der Waals surface area contributed by atoms with Crippen molar-refractivity contribution in [3.05, 3.63) is 53.8 Å². The predicted octanol–water partition coefficient (Wildman–Crippen LogP) is 8.91. The van der Waals surface area contributed by atoms with E-state index in [0.29, 0.717) is 18.8 Å². The molecule has 0 aliphatic carbocycles. The molecule has 35 heavy (non-hydrogen) atoms. The first kappa shape index (κ1) is 28.7. The molecule has 2 aromatic rings. The number of ether oxygens (including phenoxy) is 3. The summed E-state index contributed by atoms with van der Waals surface area (Å²) in [5, 5.41) is 0. The highest BCUT2D eigenvalue weighted by Crippen LogP contribution is 2.24. The first-order chi connectivity index (χ1) is 17.1. The average molecular weight is 487 g/mol. The molecule has 194 valence electrons. The Balaban J connectivity index is 1.69. The van der Waals surface area contributed by atoms with E-state index >= 15 is 0 Å². The number of halogens is 1. The van der Waals surface area contributed by atoms with Gasteiger partial charge >= 0.3 is 5.97 Å². The largest absolute Gasteiger partial charge is 0.494 e. The quantitative estimate of drug-likeness (QED) is 0.113. The van der Waals surface area contributed by atoms with Gasteiger partial charge in [-0.2, -0.15) is 0 Å². The number of rotatable bonds is 19. The highest BCUT2D eigenvalue weighted by atomic mass is 19.1. The summed E-state index contributed by atoms with van der Waals surface area (Å²) >= 11 is 0. The Hall–Kier alpha value is -2.56. The van der Waals surface area contributed by atoms with E-state index in [9.17, 15) is 9.18 Å². The summed E-state index contributed by atoms with van der Waals surface area (Å²) in [5.41, 5.74) is 0.386. The molecule has 0 N–H and O–H groups in total. The zero-order valence-corrected chi connectivity index (χ0v) is 21.7. The zero-order valence-electron chi connectivity index (χ0n) is 21.7. The second-order valence-corrected chi connectivity index (χ2v) is 9.09. The van der Waals surface area contributed by atoms with Crippen molar-refractivity contribution in [2.24, 2.45) is 0 Å². The first-order valence-electron chi connectivity index (χ1n) is 13.5. The third-order valence-corrected chi connectivity index (χ3v) is 5.98. The lowest BCUT2D eigenvalue weighted by atomic mass is 10.1. The molecule has 0 aliphatic heterocycles. The van der Waals surface area contributed by atoms with Crippen molar-refractivity contribution in [3.63, 3.8) is 0 Å². The van der Waals surface area contributed by atoms with Crippen LogP contribution >= 0.6 is 0 Å². The van der Waals surface area contributed by atoms with Crippen LogP contribution in [0.4, 0.5) is 4.39 Å². The molecule has 0 saturated carbocycles. The van der Waals surface area contributed by atoms with Crippen LogP contribution in [-0.2, 0) is 0 Å². The van der Waals surface area contributed by atoms with E-state index < -0.39 is 11.8 Å². The van der Waals surface area contributed by atoms with Gasteiger partial charge in [0.05, 0.1) is 18.8 Å². The lowest BCUT2D eigenvalue weighted by Gasteiger charge is -2.10. The number of carbonyl (C=O) groups is 1. The molecule has 5 heteroatoms. The normalized spacial score (nSPS) is 10.8. The van der Waals surface area contributed by atoms with Gasteiger partial charge in [-0.3, -0.25) is 0 Å². The van der Waals surface area contributed by atoms with E-state index in [4.69, 9.17) is 14.2 Å². The SMILES string of the molecule is CCCCCCCCCOc1ccc(C(=O)Oc2ccc(OCCCCCCCC)c(F)c2)cc1. The number of esters is 1. The van der Waals surface area contributed by atoms with Crippen LogP contribution in [0.5, 0.6) is 17.2 Å². The minimum absolute atomic E-state index is 0.152. The van der Waals surface area contributed by atoms with Crippen LogP contribution in [0.3, 0.4) is 0 Å². The summed E-state index contributed by atoms with van der Waals surface area (Å²) in [4.78, 5) is 12.4. The number of hydrogen-bond donors (Lipinski definition) is 0. The maximum absolute atomic E-state index is 14.3. The van der Waals surface area contributed by atoms with Crippen molar-refractivity contribution in [2.45, 2.75) is 97.3 Å². The third kappa shape index (κ3) is 12.1. The zero-order chi connectivity index (χ0) is 25.1. The predicted molar refractivity (Wildman–Crippen MR) is 140 cm³/mol. The van der Waals surface area contributed by atoms with Gasteiger partial charge in [0.1, 0.15) is 11.5 Å². The molecule has 0 atom stereocenters. The molecule has 2 aromatic carbocycles. The fraction of sp³-hybridized carbons (Fsp3) is 0.567. The minimum atomic E-state index is -0.538. The van der Waals surface area contributed by atoms with Gasteiger partial charge in [-0.25, -0.2) is 9.18 Å². The Labute approximate surface area is 211 Å². The van der Waals surface area contributed by atoms with Crippen LogP contribution in [0.1, 0.15) is 108 Å². The van der Waals surface area contributed by atoms with Gasteiger partial charge in [-0.05, 0) is 49.2 Å².